The van der Waals surface area contributed by atoms with Crippen LogP contribution >= 0.6 is 0 Å². The highest BCUT2D eigenvalue weighted by Crippen LogP contribution is 2.25. The van der Waals surface area contributed by atoms with Crippen LogP contribution in [-0.4, -0.2) is 23.7 Å². The molecule has 2 N–H and O–H groups in total. The van der Waals surface area contributed by atoms with Crippen LogP contribution in [0, 0.1) is 5.92 Å². The lowest BCUT2D eigenvalue weighted by atomic mass is 9.98. The summed E-state index contributed by atoms with van der Waals surface area (Å²) in [5.74, 6) is -0.0954. The van der Waals surface area contributed by atoms with Gasteiger partial charge in [0.05, 0.1) is 18.6 Å². The van der Waals surface area contributed by atoms with Crippen LogP contribution in [0.3, 0.4) is 0 Å². The van der Waals surface area contributed by atoms with Gasteiger partial charge >= 0.3 is 0 Å². The second-order valence-corrected chi connectivity index (χ2v) is 4.52. The van der Waals surface area contributed by atoms with Crippen LogP contribution in [0.25, 0.3) is 0 Å². The Labute approximate surface area is 107 Å². The number of anilines is 1. The van der Waals surface area contributed by atoms with E-state index < -0.39 is 0 Å². The summed E-state index contributed by atoms with van der Waals surface area (Å²) in [5.41, 5.74) is 1.42. The SMILES string of the molecule is CCC1OCCC1C(=O)Nc1ccccc1CO. The maximum Gasteiger partial charge on any atom is 0.230 e. The van der Waals surface area contributed by atoms with E-state index in [0.29, 0.717) is 12.3 Å². The van der Waals surface area contributed by atoms with Crippen molar-refractivity contribution >= 4 is 11.6 Å². The highest BCUT2D eigenvalue weighted by molar-refractivity contribution is 5.93. The number of aliphatic hydroxyl groups is 1. The Morgan fingerprint density at radius 2 is 2.28 bits per heavy atom. The van der Waals surface area contributed by atoms with E-state index in [4.69, 9.17) is 4.74 Å². The third-order valence-electron chi connectivity index (χ3n) is 3.39. The van der Waals surface area contributed by atoms with Gasteiger partial charge in [-0.2, -0.15) is 0 Å². The van der Waals surface area contributed by atoms with E-state index in [1.807, 2.05) is 19.1 Å². The number of carbonyl (C=O) groups excluding carboxylic acids is 1. The van der Waals surface area contributed by atoms with Gasteiger partial charge in [0.25, 0.3) is 0 Å². The highest BCUT2D eigenvalue weighted by Gasteiger charge is 2.32. The van der Waals surface area contributed by atoms with Gasteiger partial charge in [-0.15, -0.1) is 0 Å². The summed E-state index contributed by atoms with van der Waals surface area (Å²) in [7, 11) is 0. The quantitative estimate of drug-likeness (QED) is 0.857. The molecule has 18 heavy (non-hydrogen) atoms. The molecule has 0 aromatic heterocycles. The zero-order chi connectivity index (χ0) is 13.0. The van der Waals surface area contributed by atoms with Crippen LogP contribution in [0.15, 0.2) is 24.3 Å². The molecule has 1 aliphatic heterocycles. The van der Waals surface area contributed by atoms with Crippen LogP contribution in [-0.2, 0) is 16.1 Å². The highest BCUT2D eigenvalue weighted by atomic mass is 16.5. The number of rotatable bonds is 4. The largest absolute Gasteiger partial charge is 0.392 e. The lowest BCUT2D eigenvalue weighted by molar-refractivity contribution is -0.121. The monoisotopic (exact) mass is 249 g/mol. The predicted octanol–water partition coefficient (Wildman–Crippen LogP) is 1.93. The molecule has 98 valence electrons. The average molecular weight is 249 g/mol. The molecule has 1 fully saturated rings. The van der Waals surface area contributed by atoms with Gasteiger partial charge in [0.1, 0.15) is 0 Å². The summed E-state index contributed by atoms with van der Waals surface area (Å²) in [6.45, 7) is 2.60. The minimum Gasteiger partial charge on any atom is -0.392 e. The first-order valence-corrected chi connectivity index (χ1v) is 6.37. The van der Waals surface area contributed by atoms with Crippen molar-refractivity contribution in [2.75, 3.05) is 11.9 Å². The summed E-state index contributed by atoms with van der Waals surface area (Å²) in [4.78, 5) is 12.2. The molecule has 4 heteroatoms. The smallest absolute Gasteiger partial charge is 0.230 e. The summed E-state index contributed by atoms with van der Waals surface area (Å²) in [6.07, 6.45) is 1.64. The zero-order valence-electron chi connectivity index (χ0n) is 10.6. The standard InChI is InChI=1S/C14H19NO3/c1-2-13-11(7-8-18-13)14(17)15-12-6-4-3-5-10(12)9-16/h3-6,11,13,16H,2,7-9H2,1H3,(H,15,17). The van der Waals surface area contributed by atoms with Crippen LogP contribution in [0.4, 0.5) is 5.69 Å². The van der Waals surface area contributed by atoms with Crippen molar-refractivity contribution in [1.29, 1.82) is 0 Å². The fourth-order valence-electron chi connectivity index (χ4n) is 2.36. The molecule has 0 radical (unpaired) electrons. The summed E-state index contributed by atoms with van der Waals surface area (Å²) >= 11 is 0. The van der Waals surface area contributed by atoms with Crippen LogP contribution in [0.5, 0.6) is 0 Å². The number of hydrogen-bond acceptors (Lipinski definition) is 3. The molecule has 0 saturated carbocycles. The Morgan fingerprint density at radius 1 is 1.50 bits per heavy atom. The molecule has 1 amide bonds. The number of carbonyl (C=O) groups is 1. The first-order chi connectivity index (χ1) is 8.76. The number of aliphatic hydroxyl groups excluding tert-OH is 1. The number of amides is 1. The number of para-hydroxylation sites is 1. The molecule has 1 heterocycles. The van der Waals surface area contributed by atoms with Gasteiger partial charge in [0.15, 0.2) is 0 Å². The Bertz CT molecular complexity index is 419. The first-order valence-electron chi connectivity index (χ1n) is 6.37. The number of hydrogen-bond donors (Lipinski definition) is 2. The van der Waals surface area contributed by atoms with Crippen molar-refractivity contribution < 1.29 is 14.6 Å². The van der Waals surface area contributed by atoms with Crippen LogP contribution < -0.4 is 5.32 Å². The molecule has 0 bridgehead atoms. The van der Waals surface area contributed by atoms with Crippen LogP contribution in [0.2, 0.25) is 0 Å². The Morgan fingerprint density at radius 3 is 3.00 bits per heavy atom. The second kappa shape index (κ2) is 5.98. The third-order valence-corrected chi connectivity index (χ3v) is 3.39. The van der Waals surface area contributed by atoms with Gasteiger partial charge in [-0.3, -0.25) is 4.79 Å². The third kappa shape index (κ3) is 2.71. The molecule has 1 aromatic rings. The van der Waals surface area contributed by atoms with Crippen molar-refractivity contribution in [2.45, 2.75) is 32.5 Å². The maximum atomic E-state index is 12.2. The molecule has 1 aliphatic rings. The minimum absolute atomic E-state index is 0.0137. The van der Waals surface area contributed by atoms with E-state index in [2.05, 4.69) is 5.32 Å². The molecule has 2 rings (SSSR count). The minimum atomic E-state index is -0.0817. The molecule has 2 atom stereocenters. The Balaban J connectivity index is 2.07. The molecule has 1 aromatic carbocycles. The molecule has 1 saturated heterocycles. The van der Waals surface area contributed by atoms with Crippen molar-refractivity contribution in [1.82, 2.24) is 0 Å². The lowest BCUT2D eigenvalue weighted by Gasteiger charge is -2.17. The van der Waals surface area contributed by atoms with Crippen LogP contribution in [0.1, 0.15) is 25.3 Å². The Kier molecular flexibility index (Phi) is 4.33. The van der Waals surface area contributed by atoms with Gasteiger partial charge in [0, 0.05) is 17.9 Å². The van der Waals surface area contributed by atoms with Gasteiger partial charge < -0.3 is 15.2 Å². The Hall–Kier alpha value is -1.39. The van der Waals surface area contributed by atoms with E-state index in [1.165, 1.54) is 0 Å². The van der Waals surface area contributed by atoms with E-state index in [1.54, 1.807) is 12.1 Å². The lowest BCUT2D eigenvalue weighted by Crippen LogP contribution is -2.29. The number of ether oxygens (including phenoxy) is 1. The van der Waals surface area contributed by atoms with E-state index >= 15 is 0 Å². The molecule has 0 spiro atoms. The first kappa shape index (κ1) is 13.1. The summed E-state index contributed by atoms with van der Waals surface area (Å²) in [5, 5.41) is 12.1. The van der Waals surface area contributed by atoms with Crippen molar-refractivity contribution in [2.24, 2.45) is 5.92 Å². The zero-order valence-corrected chi connectivity index (χ0v) is 10.6. The molecular weight excluding hydrogens is 230 g/mol. The topological polar surface area (TPSA) is 58.6 Å². The van der Waals surface area contributed by atoms with Gasteiger partial charge in [-0.25, -0.2) is 0 Å². The molecule has 2 unspecified atom stereocenters. The average Bonchev–Trinajstić information content (AvgIpc) is 2.87. The fourth-order valence-corrected chi connectivity index (χ4v) is 2.36. The number of nitrogens with one attached hydrogen (secondary N) is 1. The van der Waals surface area contributed by atoms with Gasteiger partial charge in [0.2, 0.25) is 5.91 Å². The number of benzene rings is 1. The van der Waals surface area contributed by atoms with E-state index in [0.717, 1.165) is 18.4 Å². The van der Waals surface area contributed by atoms with Gasteiger partial charge in [-0.1, -0.05) is 25.1 Å². The maximum absolute atomic E-state index is 12.2. The van der Waals surface area contributed by atoms with E-state index in [-0.39, 0.29) is 24.5 Å². The van der Waals surface area contributed by atoms with Crippen molar-refractivity contribution in [3.8, 4) is 0 Å². The summed E-state index contributed by atoms with van der Waals surface area (Å²) < 4.78 is 5.52. The molecule has 4 nitrogen and oxygen atoms in total. The second-order valence-electron chi connectivity index (χ2n) is 4.52. The van der Waals surface area contributed by atoms with Crippen molar-refractivity contribution in [3.63, 3.8) is 0 Å². The fraction of sp³-hybridized carbons (Fsp3) is 0.500. The molecular formula is C14H19NO3. The predicted molar refractivity (Wildman–Crippen MR) is 69.1 cm³/mol. The van der Waals surface area contributed by atoms with Gasteiger partial charge in [-0.05, 0) is 18.9 Å². The van der Waals surface area contributed by atoms with E-state index in [9.17, 15) is 9.90 Å². The summed E-state index contributed by atoms with van der Waals surface area (Å²) in [6, 6.07) is 7.30. The normalized spacial score (nSPS) is 23.0. The molecule has 0 aliphatic carbocycles. The van der Waals surface area contributed by atoms with Crippen molar-refractivity contribution in [3.05, 3.63) is 29.8 Å².